The van der Waals surface area contributed by atoms with Crippen LogP contribution in [0.1, 0.15) is 18.4 Å². The van der Waals surface area contributed by atoms with Gasteiger partial charge >= 0.3 is 0 Å². The van der Waals surface area contributed by atoms with E-state index < -0.39 is 10.0 Å². The fourth-order valence-electron chi connectivity index (χ4n) is 2.29. The molecule has 1 heterocycles. The maximum atomic E-state index is 12.5. The molecule has 3 N–H and O–H groups in total. The summed E-state index contributed by atoms with van der Waals surface area (Å²) in [6.07, 6.45) is 2.17. The first-order valence-electron chi connectivity index (χ1n) is 6.65. The topological polar surface area (TPSA) is 81.4 Å². The van der Waals surface area contributed by atoms with E-state index in [9.17, 15) is 8.42 Å². The van der Waals surface area contributed by atoms with Crippen molar-refractivity contribution in [2.45, 2.75) is 29.5 Å². The number of methoxy groups -OCH3 is 1. The summed E-state index contributed by atoms with van der Waals surface area (Å²) in [6, 6.07) is 3.01. The Kier molecular flexibility index (Phi) is 5.79. The number of nitrogens with two attached hydrogens (primary N) is 1. The molecular weight excluding hydrogens is 332 g/mol. The third kappa shape index (κ3) is 4.04. The number of halogens is 1. The monoisotopic (exact) mass is 350 g/mol. The van der Waals surface area contributed by atoms with Crippen LogP contribution in [0.15, 0.2) is 17.0 Å². The number of benzene rings is 1. The molecule has 0 bridgehead atoms. The summed E-state index contributed by atoms with van der Waals surface area (Å²) in [6.45, 7) is 0.575. The summed E-state index contributed by atoms with van der Waals surface area (Å²) in [7, 11) is -2.25. The second kappa shape index (κ2) is 7.19. The van der Waals surface area contributed by atoms with Crippen LogP contribution in [-0.4, -0.2) is 33.1 Å². The number of nitrogens with one attached hydrogen (secondary N) is 1. The van der Waals surface area contributed by atoms with Gasteiger partial charge in [0.15, 0.2) is 0 Å². The SMILES string of the molecule is COc1c(CN)cc(Cl)cc1S(=O)(=O)NCC1CCCS1. The maximum Gasteiger partial charge on any atom is 0.244 e. The van der Waals surface area contributed by atoms with Crippen LogP contribution in [0.3, 0.4) is 0 Å². The van der Waals surface area contributed by atoms with Crippen molar-refractivity contribution in [3.8, 4) is 5.75 Å². The van der Waals surface area contributed by atoms with Crippen molar-refractivity contribution < 1.29 is 13.2 Å². The molecule has 1 aromatic rings. The van der Waals surface area contributed by atoms with E-state index in [1.807, 2.05) is 0 Å². The lowest BCUT2D eigenvalue weighted by atomic mass is 10.2. The Balaban J connectivity index is 2.27. The summed E-state index contributed by atoms with van der Waals surface area (Å²) >= 11 is 7.78. The van der Waals surface area contributed by atoms with E-state index >= 15 is 0 Å². The predicted molar refractivity (Wildman–Crippen MR) is 86.6 cm³/mol. The highest BCUT2D eigenvalue weighted by molar-refractivity contribution is 8.00. The van der Waals surface area contributed by atoms with Gasteiger partial charge in [0.2, 0.25) is 10.0 Å². The number of sulfonamides is 1. The zero-order valence-electron chi connectivity index (χ0n) is 11.8. The fraction of sp³-hybridized carbons (Fsp3) is 0.538. The van der Waals surface area contributed by atoms with E-state index in [2.05, 4.69) is 4.72 Å². The molecule has 0 amide bonds. The number of hydrogen-bond donors (Lipinski definition) is 2. The van der Waals surface area contributed by atoms with Gasteiger partial charge in [0.05, 0.1) is 7.11 Å². The standard InChI is InChI=1S/C13H19ClN2O3S2/c1-19-13-9(7-15)5-10(14)6-12(13)21(17,18)16-8-11-3-2-4-20-11/h5-6,11,16H,2-4,7-8,15H2,1H3. The first-order chi connectivity index (χ1) is 9.97. The molecule has 5 nitrogen and oxygen atoms in total. The minimum Gasteiger partial charge on any atom is -0.495 e. The minimum atomic E-state index is -3.67. The average Bonchev–Trinajstić information content (AvgIpc) is 2.97. The van der Waals surface area contributed by atoms with Crippen LogP contribution in [0.5, 0.6) is 5.75 Å². The Morgan fingerprint density at radius 1 is 1.52 bits per heavy atom. The molecule has 1 unspecified atom stereocenters. The largest absolute Gasteiger partial charge is 0.495 e. The van der Waals surface area contributed by atoms with Gasteiger partial charge in [0.25, 0.3) is 0 Å². The minimum absolute atomic E-state index is 0.0425. The van der Waals surface area contributed by atoms with Gasteiger partial charge in [-0.25, -0.2) is 13.1 Å². The molecule has 2 rings (SSSR count). The lowest BCUT2D eigenvalue weighted by molar-refractivity contribution is 0.397. The Hall–Kier alpha value is -0.470. The van der Waals surface area contributed by atoms with Crippen LogP contribution in [0.2, 0.25) is 5.02 Å². The van der Waals surface area contributed by atoms with Gasteiger partial charge in [-0.1, -0.05) is 11.6 Å². The number of hydrogen-bond acceptors (Lipinski definition) is 5. The summed E-state index contributed by atoms with van der Waals surface area (Å²) in [5, 5.41) is 0.658. The van der Waals surface area contributed by atoms with Gasteiger partial charge in [-0.05, 0) is 30.7 Å². The maximum absolute atomic E-state index is 12.5. The van der Waals surface area contributed by atoms with Crippen LogP contribution < -0.4 is 15.2 Å². The van der Waals surface area contributed by atoms with Gasteiger partial charge in [-0.2, -0.15) is 11.8 Å². The van der Waals surface area contributed by atoms with Crippen LogP contribution >= 0.6 is 23.4 Å². The van der Waals surface area contributed by atoms with Crippen LogP contribution in [0.4, 0.5) is 0 Å². The molecule has 118 valence electrons. The highest BCUT2D eigenvalue weighted by Crippen LogP contribution is 2.32. The Morgan fingerprint density at radius 2 is 2.29 bits per heavy atom. The van der Waals surface area contributed by atoms with Gasteiger partial charge in [0.1, 0.15) is 10.6 Å². The third-order valence-electron chi connectivity index (χ3n) is 3.34. The summed E-state index contributed by atoms with van der Waals surface area (Å²) < 4.78 is 32.8. The average molecular weight is 351 g/mol. The molecule has 0 saturated carbocycles. The molecule has 0 spiro atoms. The molecule has 0 aromatic heterocycles. The van der Waals surface area contributed by atoms with Crippen molar-refractivity contribution >= 4 is 33.4 Å². The molecular formula is C13H19ClN2O3S2. The third-order valence-corrected chi connectivity index (χ3v) is 6.38. The summed E-state index contributed by atoms with van der Waals surface area (Å²) in [4.78, 5) is 0.0425. The van der Waals surface area contributed by atoms with Crippen LogP contribution in [0.25, 0.3) is 0 Å². The number of rotatable bonds is 6. The molecule has 21 heavy (non-hydrogen) atoms. The van der Waals surface area contributed by atoms with E-state index in [0.29, 0.717) is 22.4 Å². The molecule has 1 aromatic carbocycles. The zero-order chi connectivity index (χ0) is 15.5. The van der Waals surface area contributed by atoms with Crippen LogP contribution in [-0.2, 0) is 16.6 Å². The zero-order valence-corrected chi connectivity index (χ0v) is 14.2. The van der Waals surface area contributed by atoms with Gasteiger partial charge in [-0.3, -0.25) is 0 Å². The van der Waals surface area contributed by atoms with Crippen molar-refractivity contribution in [1.82, 2.24) is 4.72 Å². The van der Waals surface area contributed by atoms with Gasteiger partial charge < -0.3 is 10.5 Å². The predicted octanol–water partition coefficient (Wildman–Crippen LogP) is 1.98. The fourth-order valence-corrected chi connectivity index (χ4v) is 5.22. The van der Waals surface area contributed by atoms with E-state index in [-0.39, 0.29) is 17.2 Å². The summed E-state index contributed by atoms with van der Waals surface area (Å²) in [5.74, 6) is 1.35. The van der Waals surface area contributed by atoms with Crippen molar-refractivity contribution in [2.24, 2.45) is 5.73 Å². The van der Waals surface area contributed by atoms with Gasteiger partial charge in [0, 0.05) is 28.9 Å². The Bertz CT molecular complexity index is 602. The van der Waals surface area contributed by atoms with E-state index in [1.54, 1.807) is 17.8 Å². The lowest BCUT2D eigenvalue weighted by Crippen LogP contribution is -2.30. The lowest BCUT2D eigenvalue weighted by Gasteiger charge is -2.16. The molecule has 0 aliphatic carbocycles. The second-order valence-corrected chi connectivity index (χ2v) is 8.37. The molecule has 0 radical (unpaired) electrons. The van der Waals surface area contributed by atoms with E-state index in [1.165, 1.54) is 13.2 Å². The van der Waals surface area contributed by atoms with Crippen molar-refractivity contribution in [3.05, 3.63) is 22.7 Å². The molecule has 8 heteroatoms. The smallest absolute Gasteiger partial charge is 0.244 e. The molecule has 1 atom stereocenters. The Labute approximate surface area is 134 Å². The summed E-state index contributed by atoms with van der Waals surface area (Å²) in [5.41, 5.74) is 6.19. The van der Waals surface area contributed by atoms with E-state index in [0.717, 1.165) is 18.6 Å². The molecule has 1 aliphatic heterocycles. The molecule has 1 saturated heterocycles. The second-order valence-electron chi connectivity index (χ2n) is 4.79. The first-order valence-corrected chi connectivity index (χ1v) is 9.56. The first kappa shape index (κ1) is 16.9. The molecule has 1 fully saturated rings. The molecule has 1 aliphatic rings. The van der Waals surface area contributed by atoms with E-state index in [4.69, 9.17) is 22.1 Å². The highest BCUT2D eigenvalue weighted by atomic mass is 35.5. The number of ether oxygens (including phenoxy) is 1. The normalized spacial score (nSPS) is 18.9. The quantitative estimate of drug-likeness (QED) is 0.819. The van der Waals surface area contributed by atoms with Crippen molar-refractivity contribution in [2.75, 3.05) is 19.4 Å². The highest BCUT2D eigenvalue weighted by Gasteiger charge is 2.25. The van der Waals surface area contributed by atoms with Crippen molar-refractivity contribution in [1.29, 1.82) is 0 Å². The number of thioether (sulfide) groups is 1. The Morgan fingerprint density at radius 3 is 2.86 bits per heavy atom. The van der Waals surface area contributed by atoms with Gasteiger partial charge in [-0.15, -0.1) is 0 Å². The van der Waals surface area contributed by atoms with Crippen LogP contribution in [0, 0.1) is 0 Å². The van der Waals surface area contributed by atoms with Crippen molar-refractivity contribution in [3.63, 3.8) is 0 Å².